The van der Waals surface area contributed by atoms with Crippen molar-refractivity contribution in [1.82, 2.24) is 0 Å². The second kappa shape index (κ2) is 7.00. The average molecular weight is 305 g/mol. The first-order valence-corrected chi connectivity index (χ1v) is 7.53. The molecule has 6 heteroatoms. The highest BCUT2D eigenvalue weighted by Crippen LogP contribution is 2.26. The molecule has 2 aliphatic heterocycles. The van der Waals surface area contributed by atoms with Crippen LogP contribution in [-0.2, 0) is 14.2 Å². The zero-order chi connectivity index (χ0) is 15.4. The summed E-state index contributed by atoms with van der Waals surface area (Å²) < 4.78 is 17.0. The molecule has 0 radical (unpaired) electrons. The fraction of sp³-hybridized carbons (Fsp3) is 0.500. The SMILES string of the molecule is O=[N+]([O-])c1ccc(/C=C2\CO[C@H](O[C@@H]3CCCCO3)C2)cc1. The molecule has 22 heavy (non-hydrogen) atoms. The largest absolute Gasteiger partial charge is 0.353 e. The summed E-state index contributed by atoms with van der Waals surface area (Å²) in [5, 5.41) is 10.6. The first-order valence-electron chi connectivity index (χ1n) is 7.53. The maximum atomic E-state index is 10.6. The molecule has 2 fully saturated rings. The minimum Gasteiger partial charge on any atom is -0.353 e. The van der Waals surface area contributed by atoms with Crippen LogP contribution in [0.5, 0.6) is 0 Å². The number of ether oxygens (including phenoxy) is 3. The van der Waals surface area contributed by atoms with Gasteiger partial charge in [-0.2, -0.15) is 0 Å². The van der Waals surface area contributed by atoms with Gasteiger partial charge >= 0.3 is 0 Å². The Labute approximate surface area is 128 Å². The monoisotopic (exact) mass is 305 g/mol. The topological polar surface area (TPSA) is 70.8 Å². The van der Waals surface area contributed by atoms with Crippen molar-refractivity contribution >= 4 is 11.8 Å². The predicted molar refractivity (Wildman–Crippen MR) is 80.1 cm³/mol. The van der Waals surface area contributed by atoms with Crippen LogP contribution in [-0.4, -0.2) is 30.7 Å². The molecule has 118 valence electrons. The molecule has 1 aromatic carbocycles. The average Bonchev–Trinajstić information content (AvgIpc) is 2.96. The molecular weight excluding hydrogens is 286 g/mol. The van der Waals surface area contributed by atoms with Crippen LogP contribution in [0.1, 0.15) is 31.2 Å². The van der Waals surface area contributed by atoms with Crippen LogP contribution < -0.4 is 0 Å². The molecule has 0 saturated carbocycles. The van der Waals surface area contributed by atoms with Gasteiger partial charge in [-0.3, -0.25) is 10.1 Å². The van der Waals surface area contributed by atoms with Gasteiger partial charge in [-0.25, -0.2) is 0 Å². The summed E-state index contributed by atoms with van der Waals surface area (Å²) in [4.78, 5) is 10.2. The third kappa shape index (κ3) is 3.91. The fourth-order valence-corrected chi connectivity index (χ4v) is 2.64. The van der Waals surface area contributed by atoms with Crippen molar-refractivity contribution in [2.24, 2.45) is 0 Å². The lowest BCUT2D eigenvalue weighted by Crippen LogP contribution is -2.27. The molecule has 2 atom stereocenters. The third-order valence-electron chi connectivity index (χ3n) is 3.80. The van der Waals surface area contributed by atoms with Crippen molar-refractivity contribution in [3.05, 3.63) is 45.5 Å². The van der Waals surface area contributed by atoms with E-state index in [1.807, 2.05) is 6.08 Å². The van der Waals surface area contributed by atoms with Crippen LogP contribution in [0.4, 0.5) is 5.69 Å². The van der Waals surface area contributed by atoms with Crippen LogP contribution in [0.2, 0.25) is 0 Å². The van der Waals surface area contributed by atoms with Crippen LogP contribution in [0.3, 0.4) is 0 Å². The highest BCUT2D eigenvalue weighted by atomic mass is 16.8. The minimum atomic E-state index is -0.399. The van der Waals surface area contributed by atoms with Gasteiger partial charge in [-0.15, -0.1) is 0 Å². The van der Waals surface area contributed by atoms with Crippen LogP contribution in [0, 0.1) is 10.1 Å². The molecule has 0 N–H and O–H groups in total. The Kier molecular flexibility index (Phi) is 4.82. The number of nitrogens with zero attached hydrogens (tertiary/aromatic N) is 1. The first kappa shape index (κ1) is 15.1. The molecule has 6 nitrogen and oxygen atoms in total. The molecule has 0 spiro atoms. The van der Waals surface area contributed by atoms with Crippen LogP contribution in [0.25, 0.3) is 6.08 Å². The fourth-order valence-electron chi connectivity index (χ4n) is 2.64. The van der Waals surface area contributed by atoms with E-state index in [-0.39, 0.29) is 18.3 Å². The van der Waals surface area contributed by atoms with Crippen LogP contribution in [0.15, 0.2) is 29.8 Å². The summed E-state index contributed by atoms with van der Waals surface area (Å²) in [7, 11) is 0. The van der Waals surface area contributed by atoms with Gasteiger partial charge in [-0.1, -0.05) is 6.08 Å². The Bertz CT molecular complexity index is 548. The number of hydrogen-bond donors (Lipinski definition) is 0. The zero-order valence-electron chi connectivity index (χ0n) is 12.3. The maximum absolute atomic E-state index is 10.6. The van der Waals surface area contributed by atoms with Crippen molar-refractivity contribution in [1.29, 1.82) is 0 Å². The van der Waals surface area contributed by atoms with E-state index >= 15 is 0 Å². The number of benzene rings is 1. The number of nitro benzene ring substituents is 1. The standard InChI is InChI=1S/C16H19NO5/c18-17(19)14-6-4-12(5-7-14)9-13-10-16(21-11-13)22-15-3-1-2-8-20-15/h4-7,9,15-16H,1-3,8,10-11H2/b13-9-/t15-,16-/m1/s1. The number of hydrogen-bond acceptors (Lipinski definition) is 5. The Morgan fingerprint density at radius 1 is 1.18 bits per heavy atom. The molecule has 0 amide bonds. The minimum absolute atomic E-state index is 0.0977. The Morgan fingerprint density at radius 2 is 2.00 bits per heavy atom. The van der Waals surface area contributed by atoms with Crippen molar-refractivity contribution in [3.63, 3.8) is 0 Å². The Balaban J connectivity index is 1.55. The van der Waals surface area contributed by atoms with E-state index in [1.54, 1.807) is 12.1 Å². The lowest BCUT2D eigenvalue weighted by atomic mass is 10.1. The number of rotatable bonds is 4. The van der Waals surface area contributed by atoms with Gasteiger partial charge in [-0.05, 0) is 42.5 Å². The van der Waals surface area contributed by atoms with E-state index in [9.17, 15) is 10.1 Å². The quantitative estimate of drug-likeness (QED) is 0.630. The molecule has 0 aliphatic carbocycles. The van der Waals surface area contributed by atoms with E-state index in [0.717, 1.165) is 37.0 Å². The summed E-state index contributed by atoms with van der Waals surface area (Å²) in [5.41, 5.74) is 2.15. The maximum Gasteiger partial charge on any atom is 0.269 e. The lowest BCUT2D eigenvalue weighted by Gasteiger charge is -2.25. The Morgan fingerprint density at radius 3 is 2.68 bits per heavy atom. The third-order valence-corrected chi connectivity index (χ3v) is 3.80. The van der Waals surface area contributed by atoms with Crippen LogP contribution >= 0.6 is 0 Å². The summed E-state index contributed by atoms with van der Waals surface area (Å²) in [6, 6.07) is 6.49. The molecule has 2 aliphatic rings. The van der Waals surface area contributed by atoms with Crippen molar-refractivity contribution < 1.29 is 19.1 Å². The van der Waals surface area contributed by atoms with Gasteiger partial charge in [0.1, 0.15) is 0 Å². The molecule has 0 unspecified atom stereocenters. The van der Waals surface area contributed by atoms with Gasteiger partial charge in [0.2, 0.25) is 0 Å². The number of non-ortho nitro benzene ring substituents is 1. The van der Waals surface area contributed by atoms with Gasteiger partial charge in [0, 0.05) is 25.2 Å². The van der Waals surface area contributed by atoms with Crippen molar-refractivity contribution in [2.75, 3.05) is 13.2 Å². The van der Waals surface area contributed by atoms with E-state index < -0.39 is 4.92 Å². The molecular formula is C16H19NO5. The first-order chi connectivity index (χ1) is 10.7. The Hall–Kier alpha value is -1.76. The van der Waals surface area contributed by atoms with E-state index in [4.69, 9.17) is 14.2 Å². The molecule has 1 aromatic rings. The highest BCUT2D eigenvalue weighted by Gasteiger charge is 2.25. The molecule has 2 saturated heterocycles. The molecule has 3 rings (SSSR count). The van der Waals surface area contributed by atoms with Crippen molar-refractivity contribution in [2.45, 2.75) is 38.3 Å². The van der Waals surface area contributed by atoms with Gasteiger partial charge < -0.3 is 14.2 Å². The van der Waals surface area contributed by atoms with E-state index in [0.29, 0.717) is 13.0 Å². The smallest absolute Gasteiger partial charge is 0.269 e. The summed E-state index contributed by atoms with van der Waals surface area (Å²) in [5.74, 6) is 0. The second-order valence-corrected chi connectivity index (χ2v) is 5.53. The summed E-state index contributed by atoms with van der Waals surface area (Å²) in [6.45, 7) is 1.28. The van der Waals surface area contributed by atoms with Gasteiger partial charge in [0.15, 0.2) is 12.6 Å². The summed E-state index contributed by atoms with van der Waals surface area (Å²) in [6.07, 6.45) is 5.43. The zero-order valence-corrected chi connectivity index (χ0v) is 12.3. The highest BCUT2D eigenvalue weighted by molar-refractivity contribution is 5.55. The second-order valence-electron chi connectivity index (χ2n) is 5.53. The van der Waals surface area contributed by atoms with E-state index in [2.05, 4.69) is 0 Å². The molecule has 2 heterocycles. The van der Waals surface area contributed by atoms with Crippen molar-refractivity contribution in [3.8, 4) is 0 Å². The van der Waals surface area contributed by atoms with E-state index in [1.165, 1.54) is 12.1 Å². The summed E-state index contributed by atoms with van der Waals surface area (Å²) >= 11 is 0. The molecule has 0 aromatic heterocycles. The predicted octanol–water partition coefficient (Wildman–Crippen LogP) is 3.27. The normalized spacial score (nSPS) is 27.2. The lowest BCUT2D eigenvalue weighted by molar-refractivity contribution is -0.384. The number of nitro groups is 1. The van der Waals surface area contributed by atoms with Gasteiger partial charge in [0.05, 0.1) is 11.5 Å². The molecule has 0 bridgehead atoms. The van der Waals surface area contributed by atoms with Gasteiger partial charge in [0.25, 0.3) is 5.69 Å².